The Kier molecular flexibility index (Phi) is 4.38. The van der Waals surface area contributed by atoms with E-state index in [2.05, 4.69) is 11.9 Å². The molecule has 7 heteroatoms. The molecule has 1 amide bonds. The molecular formula is C20H18ClF2N3O. The summed E-state index contributed by atoms with van der Waals surface area (Å²) in [5.41, 5.74) is 1.56. The van der Waals surface area contributed by atoms with Crippen LogP contribution in [0.2, 0.25) is 5.02 Å². The molecule has 0 atom stereocenters. The number of carbonyl (C=O) groups excluding carboxylic acids is 1. The maximum atomic E-state index is 14.4. The first-order valence-electron chi connectivity index (χ1n) is 8.87. The molecule has 4 rings (SSSR count). The SMILES string of the molecule is CCCCn1c(CN2C(=O)C(F)(F)c3ccccc32)nc2cc(Cl)ccc21. The van der Waals surface area contributed by atoms with Gasteiger partial charge in [0, 0.05) is 11.6 Å². The van der Waals surface area contributed by atoms with Crippen molar-refractivity contribution >= 4 is 34.2 Å². The minimum absolute atomic E-state index is 0.0125. The molecule has 0 aliphatic carbocycles. The Labute approximate surface area is 160 Å². The molecule has 0 radical (unpaired) electrons. The first kappa shape index (κ1) is 17.9. The number of para-hydroxylation sites is 1. The highest BCUT2D eigenvalue weighted by Crippen LogP contribution is 2.44. The third-order valence-corrected chi connectivity index (χ3v) is 5.11. The first-order chi connectivity index (χ1) is 12.9. The maximum Gasteiger partial charge on any atom is 0.352 e. The van der Waals surface area contributed by atoms with Gasteiger partial charge in [0.15, 0.2) is 0 Å². The number of carbonyl (C=O) groups is 1. The van der Waals surface area contributed by atoms with Crippen LogP contribution in [-0.4, -0.2) is 15.5 Å². The van der Waals surface area contributed by atoms with Gasteiger partial charge in [-0.05, 0) is 30.7 Å². The summed E-state index contributed by atoms with van der Waals surface area (Å²) in [7, 11) is 0. The molecule has 1 aliphatic rings. The van der Waals surface area contributed by atoms with Crippen molar-refractivity contribution in [3.8, 4) is 0 Å². The van der Waals surface area contributed by atoms with Gasteiger partial charge >= 0.3 is 11.8 Å². The van der Waals surface area contributed by atoms with E-state index in [4.69, 9.17) is 11.6 Å². The fraction of sp³-hybridized carbons (Fsp3) is 0.300. The highest BCUT2D eigenvalue weighted by atomic mass is 35.5. The number of aryl methyl sites for hydroxylation is 1. The molecule has 2 heterocycles. The minimum atomic E-state index is -3.51. The van der Waals surface area contributed by atoms with Crippen LogP contribution in [0.15, 0.2) is 42.5 Å². The quantitative estimate of drug-likeness (QED) is 0.606. The van der Waals surface area contributed by atoms with Crippen LogP contribution >= 0.6 is 11.6 Å². The number of unbranched alkanes of at least 4 members (excludes halogenated alkanes) is 1. The van der Waals surface area contributed by atoms with E-state index in [0.717, 1.165) is 23.3 Å². The van der Waals surface area contributed by atoms with Crippen molar-refractivity contribution in [3.05, 3.63) is 58.9 Å². The summed E-state index contributed by atoms with van der Waals surface area (Å²) in [6, 6.07) is 11.4. The second-order valence-electron chi connectivity index (χ2n) is 6.65. The molecule has 0 saturated carbocycles. The van der Waals surface area contributed by atoms with E-state index in [-0.39, 0.29) is 17.8 Å². The summed E-state index contributed by atoms with van der Waals surface area (Å²) in [6.07, 6.45) is 1.90. The van der Waals surface area contributed by atoms with Gasteiger partial charge in [-0.25, -0.2) is 4.98 Å². The normalized spacial score (nSPS) is 15.6. The number of halogens is 3. The summed E-state index contributed by atoms with van der Waals surface area (Å²) in [4.78, 5) is 18.1. The smallest absolute Gasteiger partial charge is 0.326 e. The van der Waals surface area contributed by atoms with Gasteiger partial charge in [0.1, 0.15) is 5.82 Å². The molecule has 0 N–H and O–H groups in total. The van der Waals surface area contributed by atoms with Crippen molar-refractivity contribution in [2.45, 2.75) is 38.8 Å². The van der Waals surface area contributed by atoms with Gasteiger partial charge in [0.25, 0.3) is 0 Å². The van der Waals surface area contributed by atoms with Crippen molar-refractivity contribution in [2.75, 3.05) is 4.90 Å². The Balaban J connectivity index is 1.78. The van der Waals surface area contributed by atoms with Crippen molar-refractivity contribution in [1.29, 1.82) is 0 Å². The fourth-order valence-electron chi connectivity index (χ4n) is 3.51. The minimum Gasteiger partial charge on any atom is -0.326 e. The zero-order valence-corrected chi connectivity index (χ0v) is 15.5. The van der Waals surface area contributed by atoms with Gasteiger partial charge in [0.2, 0.25) is 0 Å². The van der Waals surface area contributed by atoms with E-state index in [0.29, 0.717) is 22.9 Å². The van der Waals surface area contributed by atoms with Gasteiger partial charge in [-0.3, -0.25) is 9.69 Å². The molecule has 0 saturated heterocycles. The van der Waals surface area contributed by atoms with Crippen LogP contribution in [0.1, 0.15) is 31.2 Å². The lowest BCUT2D eigenvalue weighted by atomic mass is 10.1. The first-order valence-corrected chi connectivity index (χ1v) is 9.25. The van der Waals surface area contributed by atoms with Crippen LogP contribution in [0.25, 0.3) is 11.0 Å². The van der Waals surface area contributed by atoms with Gasteiger partial charge in [-0.15, -0.1) is 0 Å². The Morgan fingerprint density at radius 3 is 2.74 bits per heavy atom. The number of aromatic nitrogens is 2. The molecule has 0 spiro atoms. The van der Waals surface area contributed by atoms with Crippen molar-refractivity contribution < 1.29 is 13.6 Å². The summed E-state index contributed by atoms with van der Waals surface area (Å²) in [5, 5.41) is 0.559. The predicted molar refractivity (Wildman–Crippen MR) is 101 cm³/mol. The topological polar surface area (TPSA) is 38.1 Å². The van der Waals surface area contributed by atoms with Crippen molar-refractivity contribution in [3.63, 3.8) is 0 Å². The van der Waals surface area contributed by atoms with E-state index in [1.807, 2.05) is 10.6 Å². The van der Waals surface area contributed by atoms with E-state index in [9.17, 15) is 13.6 Å². The number of benzene rings is 2. The summed E-state index contributed by atoms with van der Waals surface area (Å²) in [6.45, 7) is 2.77. The Bertz CT molecular complexity index is 1030. The zero-order chi connectivity index (χ0) is 19.2. The van der Waals surface area contributed by atoms with Crippen molar-refractivity contribution in [1.82, 2.24) is 9.55 Å². The Morgan fingerprint density at radius 1 is 1.19 bits per heavy atom. The van der Waals surface area contributed by atoms with Crippen LogP contribution < -0.4 is 4.90 Å². The summed E-state index contributed by atoms with van der Waals surface area (Å²) < 4.78 is 30.8. The largest absolute Gasteiger partial charge is 0.352 e. The van der Waals surface area contributed by atoms with Gasteiger partial charge < -0.3 is 4.57 Å². The number of nitrogens with zero attached hydrogens (tertiary/aromatic N) is 3. The number of imidazole rings is 1. The number of amides is 1. The Hall–Kier alpha value is -2.47. The molecule has 3 aromatic rings. The molecule has 2 aromatic carbocycles. The second-order valence-corrected chi connectivity index (χ2v) is 7.09. The fourth-order valence-corrected chi connectivity index (χ4v) is 3.67. The number of alkyl halides is 2. The molecular weight excluding hydrogens is 372 g/mol. The average molecular weight is 390 g/mol. The molecule has 1 aliphatic heterocycles. The average Bonchev–Trinajstić information content (AvgIpc) is 3.08. The number of hydrogen-bond acceptors (Lipinski definition) is 2. The number of fused-ring (bicyclic) bond motifs is 2. The summed E-state index contributed by atoms with van der Waals surface area (Å²) >= 11 is 6.07. The number of rotatable bonds is 5. The monoisotopic (exact) mass is 389 g/mol. The third-order valence-electron chi connectivity index (χ3n) is 4.87. The van der Waals surface area contributed by atoms with Crippen molar-refractivity contribution in [2.24, 2.45) is 0 Å². The molecule has 0 bridgehead atoms. The van der Waals surface area contributed by atoms with Crippen LogP contribution in [0, 0.1) is 0 Å². The van der Waals surface area contributed by atoms with Crippen LogP contribution in [0.4, 0.5) is 14.5 Å². The van der Waals surface area contributed by atoms with E-state index in [1.165, 1.54) is 12.1 Å². The Morgan fingerprint density at radius 2 is 1.96 bits per heavy atom. The molecule has 140 valence electrons. The van der Waals surface area contributed by atoms with Crippen LogP contribution in [-0.2, 0) is 23.8 Å². The molecule has 27 heavy (non-hydrogen) atoms. The lowest BCUT2D eigenvalue weighted by molar-refractivity contribution is -0.141. The highest BCUT2D eigenvalue weighted by Gasteiger charge is 2.52. The van der Waals surface area contributed by atoms with E-state index >= 15 is 0 Å². The lowest BCUT2D eigenvalue weighted by Crippen LogP contribution is -2.34. The van der Waals surface area contributed by atoms with Crippen LogP contribution in [0.5, 0.6) is 0 Å². The molecule has 1 aromatic heterocycles. The van der Waals surface area contributed by atoms with E-state index < -0.39 is 11.8 Å². The molecule has 4 nitrogen and oxygen atoms in total. The molecule has 0 unspecified atom stereocenters. The number of hydrogen-bond donors (Lipinski definition) is 0. The number of anilines is 1. The lowest BCUT2D eigenvalue weighted by Gasteiger charge is -2.18. The second kappa shape index (κ2) is 6.60. The van der Waals surface area contributed by atoms with E-state index in [1.54, 1.807) is 24.3 Å². The van der Waals surface area contributed by atoms with Crippen LogP contribution in [0.3, 0.4) is 0 Å². The van der Waals surface area contributed by atoms with Gasteiger partial charge in [-0.1, -0.05) is 43.1 Å². The maximum absolute atomic E-state index is 14.4. The molecule has 0 fully saturated rings. The third kappa shape index (κ3) is 2.88. The predicted octanol–water partition coefficient (Wildman–Crippen LogP) is 5.13. The summed E-state index contributed by atoms with van der Waals surface area (Å²) in [5.74, 6) is -4.16. The van der Waals surface area contributed by atoms with Gasteiger partial charge in [-0.2, -0.15) is 8.78 Å². The van der Waals surface area contributed by atoms with Gasteiger partial charge in [0.05, 0.1) is 28.8 Å². The standard InChI is InChI=1S/C20H18ClF2N3O/c1-2-3-10-25-17-9-8-13(21)11-15(17)24-18(25)12-26-16-7-5-4-6-14(16)20(22,23)19(26)27/h4-9,11H,2-3,10,12H2,1H3. The zero-order valence-electron chi connectivity index (χ0n) is 14.8. The highest BCUT2D eigenvalue weighted by molar-refractivity contribution is 6.31.